The van der Waals surface area contributed by atoms with Crippen LogP contribution >= 0.6 is 0 Å². The second-order valence-corrected chi connectivity index (χ2v) is 11.2. The van der Waals surface area contributed by atoms with Gasteiger partial charge in [-0.25, -0.2) is 0 Å². The largest absolute Gasteiger partial charge is 0.457 e. The lowest BCUT2D eigenvalue weighted by Gasteiger charge is -2.17. The van der Waals surface area contributed by atoms with Crippen LogP contribution in [0.2, 0.25) is 0 Å². The number of nitrogens with zero attached hydrogens (tertiary/aromatic N) is 2. The zero-order valence-corrected chi connectivity index (χ0v) is 25.0. The Labute approximate surface area is 245 Å². The third kappa shape index (κ3) is 6.26. The summed E-state index contributed by atoms with van der Waals surface area (Å²) >= 11 is 0. The first-order valence-corrected chi connectivity index (χ1v) is 14.6. The van der Waals surface area contributed by atoms with E-state index in [0.29, 0.717) is 35.3 Å². The zero-order valence-electron chi connectivity index (χ0n) is 25.0. The lowest BCUT2D eigenvalue weighted by Crippen LogP contribution is -2.25. The molecule has 4 aromatic rings. The first-order chi connectivity index (χ1) is 20.1. The van der Waals surface area contributed by atoms with Crippen molar-refractivity contribution in [2.75, 3.05) is 31.5 Å². The van der Waals surface area contributed by atoms with E-state index >= 15 is 0 Å². The highest BCUT2D eigenvalue weighted by Crippen LogP contribution is 2.36. The van der Waals surface area contributed by atoms with Crippen LogP contribution < -0.4 is 20.9 Å². The number of aryl methyl sites for hydroxylation is 4. The molecule has 3 heterocycles. The minimum atomic E-state index is -0.257. The van der Waals surface area contributed by atoms with Gasteiger partial charge in [-0.3, -0.25) is 14.4 Å². The van der Waals surface area contributed by atoms with Crippen molar-refractivity contribution < 1.29 is 14.3 Å². The molecule has 3 N–H and O–H groups in total. The smallest absolute Gasteiger partial charge is 0.274 e. The van der Waals surface area contributed by atoms with Crippen molar-refractivity contribution in [3.8, 4) is 22.6 Å². The van der Waals surface area contributed by atoms with Crippen LogP contribution in [0.4, 0.5) is 5.69 Å². The highest BCUT2D eigenvalue weighted by molar-refractivity contribution is 6.02. The van der Waals surface area contributed by atoms with E-state index in [1.165, 1.54) is 17.4 Å². The van der Waals surface area contributed by atoms with Gasteiger partial charge in [0.2, 0.25) is 5.91 Å². The molecule has 0 radical (unpaired) electrons. The summed E-state index contributed by atoms with van der Waals surface area (Å²) in [5.74, 6) is 1.14. The van der Waals surface area contributed by atoms with Gasteiger partial charge in [0.1, 0.15) is 22.7 Å². The minimum absolute atomic E-state index is 0.0151. The molecule has 2 amide bonds. The summed E-state index contributed by atoms with van der Waals surface area (Å²) in [6.07, 6.45) is 4.69. The second kappa shape index (κ2) is 12.2. The molecule has 1 aliphatic heterocycles. The Morgan fingerprint density at radius 2 is 1.71 bits per heavy atom. The number of carbonyl (C=O) groups excluding carboxylic acids is 2. The van der Waals surface area contributed by atoms with Crippen molar-refractivity contribution in [3.05, 3.63) is 75.3 Å². The highest BCUT2D eigenvalue weighted by atomic mass is 16.5. The summed E-state index contributed by atoms with van der Waals surface area (Å²) in [5, 5.41) is 6.50. The number of amides is 2. The van der Waals surface area contributed by atoms with Gasteiger partial charge in [0.15, 0.2) is 0 Å². The van der Waals surface area contributed by atoms with Gasteiger partial charge < -0.3 is 29.8 Å². The Morgan fingerprint density at radius 1 is 1.00 bits per heavy atom. The summed E-state index contributed by atoms with van der Waals surface area (Å²) in [6.45, 7) is 11.2. The molecule has 2 aromatic carbocycles. The Hall–Kier alpha value is -4.37. The molecule has 0 saturated carbocycles. The normalized spacial score (nSPS) is 13.5. The standard InChI is InChI=1S/C33H39N5O4/c1-6-34-32(40)28-18-26-27(19-37(5)33(41)30(26)36-28)23-13-20(2)14-25(17-23)42-31-21(3)15-24(16-22(31)4)35-29(39)9-12-38-10-7-8-11-38/h13-19,36H,6-12H2,1-5H3,(H,34,40)(H,35,39). The van der Waals surface area contributed by atoms with Crippen molar-refractivity contribution in [1.82, 2.24) is 19.8 Å². The fraction of sp³-hybridized carbons (Fsp3) is 0.364. The number of anilines is 1. The van der Waals surface area contributed by atoms with Crippen LogP contribution in [0.3, 0.4) is 0 Å². The van der Waals surface area contributed by atoms with Crippen molar-refractivity contribution in [1.29, 1.82) is 0 Å². The maximum atomic E-state index is 12.9. The van der Waals surface area contributed by atoms with Crippen LogP contribution in [0.25, 0.3) is 22.0 Å². The van der Waals surface area contributed by atoms with Gasteiger partial charge in [0, 0.05) is 49.4 Å². The van der Waals surface area contributed by atoms with Gasteiger partial charge in [0.05, 0.1) is 0 Å². The van der Waals surface area contributed by atoms with Gasteiger partial charge in [-0.1, -0.05) is 6.07 Å². The van der Waals surface area contributed by atoms with Gasteiger partial charge in [0.25, 0.3) is 11.5 Å². The number of fused-ring (bicyclic) bond motifs is 1. The number of hydrogen-bond donors (Lipinski definition) is 3. The molecule has 2 aromatic heterocycles. The summed E-state index contributed by atoms with van der Waals surface area (Å²) in [6, 6.07) is 11.5. The number of aromatic nitrogens is 2. The van der Waals surface area contributed by atoms with Crippen molar-refractivity contribution in [2.24, 2.45) is 7.05 Å². The van der Waals surface area contributed by atoms with E-state index in [1.54, 1.807) is 19.3 Å². The Balaban J connectivity index is 1.41. The maximum absolute atomic E-state index is 12.9. The van der Waals surface area contributed by atoms with Crippen LogP contribution in [0.5, 0.6) is 11.5 Å². The predicted octanol–water partition coefficient (Wildman–Crippen LogP) is 5.43. The van der Waals surface area contributed by atoms with E-state index in [9.17, 15) is 14.4 Å². The molecule has 1 aliphatic rings. The molecule has 0 unspecified atom stereocenters. The third-order valence-corrected chi connectivity index (χ3v) is 7.73. The molecule has 9 heteroatoms. The molecule has 0 spiro atoms. The topological polar surface area (TPSA) is 108 Å². The van der Waals surface area contributed by atoms with Crippen LogP contribution in [0.1, 0.15) is 53.4 Å². The van der Waals surface area contributed by atoms with Gasteiger partial charge in [-0.05, 0) is 106 Å². The van der Waals surface area contributed by atoms with E-state index in [-0.39, 0.29) is 17.4 Å². The van der Waals surface area contributed by atoms with E-state index in [1.807, 2.05) is 58.0 Å². The van der Waals surface area contributed by atoms with E-state index < -0.39 is 0 Å². The third-order valence-electron chi connectivity index (χ3n) is 7.73. The molecule has 0 bridgehead atoms. The predicted molar refractivity (Wildman–Crippen MR) is 167 cm³/mol. The minimum Gasteiger partial charge on any atom is -0.457 e. The lowest BCUT2D eigenvalue weighted by atomic mass is 10.0. The molecule has 5 rings (SSSR count). The molecular weight excluding hydrogens is 530 g/mol. The molecule has 220 valence electrons. The summed E-state index contributed by atoms with van der Waals surface area (Å²) < 4.78 is 7.96. The molecule has 0 aliphatic carbocycles. The molecular formula is C33H39N5O4. The number of hydrogen-bond acceptors (Lipinski definition) is 5. The SMILES string of the molecule is CCNC(=O)c1cc2c(-c3cc(C)cc(Oc4c(C)cc(NC(=O)CCN5CCCC5)cc4C)c3)cn(C)c(=O)c2[nH]1. The Morgan fingerprint density at radius 3 is 2.40 bits per heavy atom. The average Bonchev–Trinajstić information content (AvgIpc) is 3.62. The van der Waals surface area contributed by atoms with Crippen molar-refractivity contribution in [2.45, 2.75) is 47.0 Å². The van der Waals surface area contributed by atoms with Crippen LogP contribution in [-0.4, -0.2) is 52.4 Å². The van der Waals surface area contributed by atoms with Gasteiger partial charge in [-0.2, -0.15) is 0 Å². The number of rotatable bonds is 9. The number of H-pyrrole nitrogens is 1. The number of pyridine rings is 1. The van der Waals surface area contributed by atoms with Gasteiger partial charge >= 0.3 is 0 Å². The number of benzene rings is 2. The van der Waals surface area contributed by atoms with Crippen LogP contribution in [-0.2, 0) is 11.8 Å². The molecule has 1 saturated heterocycles. The van der Waals surface area contributed by atoms with E-state index in [2.05, 4.69) is 20.5 Å². The van der Waals surface area contributed by atoms with Crippen LogP contribution in [0.15, 0.2) is 47.4 Å². The van der Waals surface area contributed by atoms with Crippen molar-refractivity contribution in [3.63, 3.8) is 0 Å². The van der Waals surface area contributed by atoms with Crippen LogP contribution in [0, 0.1) is 20.8 Å². The Bertz CT molecular complexity index is 1690. The number of aromatic amines is 1. The summed E-state index contributed by atoms with van der Waals surface area (Å²) in [7, 11) is 1.70. The highest BCUT2D eigenvalue weighted by Gasteiger charge is 2.18. The second-order valence-electron chi connectivity index (χ2n) is 11.2. The number of carbonyl (C=O) groups is 2. The number of ether oxygens (including phenoxy) is 1. The first kappa shape index (κ1) is 29.1. The molecule has 0 atom stereocenters. The Kier molecular flexibility index (Phi) is 8.49. The van der Waals surface area contributed by atoms with E-state index in [4.69, 9.17) is 4.74 Å². The fourth-order valence-electron chi connectivity index (χ4n) is 5.70. The monoisotopic (exact) mass is 569 g/mol. The quantitative estimate of drug-likeness (QED) is 0.249. The average molecular weight is 570 g/mol. The van der Waals surface area contributed by atoms with E-state index in [0.717, 1.165) is 58.9 Å². The zero-order chi connectivity index (χ0) is 30.0. The maximum Gasteiger partial charge on any atom is 0.274 e. The summed E-state index contributed by atoms with van der Waals surface area (Å²) in [4.78, 5) is 43.3. The first-order valence-electron chi connectivity index (χ1n) is 14.6. The molecule has 42 heavy (non-hydrogen) atoms. The summed E-state index contributed by atoms with van der Waals surface area (Å²) in [5.41, 5.74) is 5.77. The fourth-order valence-corrected chi connectivity index (χ4v) is 5.70. The number of nitrogens with one attached hydrogen (secondary N) is 3. The molecule has 9 nitrogen and oxygen atoms in total. The van der Waals surface area contributed by atoms with Crippen molar-refractivity contribution >= 4 is 28.4 Å². The van der Waals surface area contributed by atoms with Gasteiger partial charge in [-0.15, -0.1) is 0 Å². The lowest BCUT2D eigenvalue weighted by molar-refractivity contribution is -0.116. The molecule has 1 fully saturated rings. The number of likely N-dealkylation sites (tertiary alicyclic amines) is 1.